The molecule has 4 rings (SSSR count). The molecule has 0 saturated carbocycles. The van der Waals surface area contributed by atoms with Crippen LogP contribution in [0.15, 0.2) is 66.7 Å². The third-order valence-corrected chi connectivity index (χ3v) is 6.87. The van der Waals surface area contributed by atoms with Crippen molar-refractivity contribution in [2.24, 2.45) is 0 Å². The second-order valence-electron chi connectivity index (χ2n) is 8.22. The number of anilines is 1. The standard InChI is InChI=1S/C27H30N2O3S.2H2O/c1-31-23-12-10-22(11-13-23)27(15-17-32-18-16-27)26(30)29-25-5-3-4-24(28-25)21-8-6-20(7-9-21)14-19-33-2;;/h3-13H,14-19H2,1-2H3,(H,28,29,30);2*1H2. The summed E-state index contributed by atoms with van der Waals surface area (Å²) in [7, 11) is 1.64. The van der Waals surface area contributed by atoms with Crippen LogP contribution in [0.4, 0.5) is 5.82 Å². The van der Waals surface area contributed by atoms with Crippen LogP contribution in [0.5, 0.6) is 5.75 Å². The molecule has 0 atom stereocenters. The second kappa shape index (κ2) is 13.3. The van der Waals surface area contributed by atoms with E-state index in [2.05, 4.69) is 35.8 Å². The number of hydrogen-bond acceptors (Lipinski definition) is 5. The van der Waals surface area contributed by atoms with Gasteiger partial charge in [0.2, 0.25) is 5.91 Å². The van der Waals surface area contributed by atoms with Crippen molar-refractivity contribution in [1.82, 2.24) is 4.98 Å². The van der Waals surface area contributed by atoms with E-state index in [9.17, 15) is 4.79 Å². The first-order chi connectivity index (χ1) is 16.1. The molecular weight excluding hydrogens is 464 g/mol. The van der Waals surface area contributed by atoms with Crippen molar-refractivity contribution < 1.29 is 25.2 Å². The van der Waals surface area contributed by atoms with Crippen molar-refractivity contribution in [3.8, 4) is 17.0 Å². The number of pyridine rings is 1. The number of benzene rings is 2. The minimum atomic E-state index is -0.652. The van der Waals surface area contributed by atoms with Gasteiger partial charge in [-0.05, 0) is 66.7 Å². The zero-order chi connectivity index (χ0) is 23.1. The highest BCUT2D eigenvalue weighted by atomic mass is 32.2. The lowest BCUT2D eigenvalue weighted by molar-refractivity contribution is -0.125. The average Bonchev–Trinajstić information content (AvgIpc) is 2.88. The third-order valence-electron chi connectivity index (χ3n) is 6.26. The number of carbonyl (C=O) groups excluding carboxylic acids is 1. The number of aryl methyl sites for hydroxylation is 1. The Kier molecular flexibility index (Phi) is 10.7. The molecule has 1 amide bonds. The highest BCUT2D eigenvalue weighted by Crippen LogP contribution is 2.37. The molecule has 1 fully saturated rings. The Hall–Kier alpha value is -2.91. The van der Waals surface area contributed by atoms with Gasteiger partial charge in [-0.3, -0.25) is 4.79 Å². The number of nitrogens with one attached hydrogen (secondary N) is 1. The van der Waals surface area contributed by atoms with Gasteiger partial charge in [-0.25, -0.2) is 4.98 Å². The molecule has 35 heavy (non-hydrogen) atoms. The van der Waals surface area contributed by atoms with Crippen LogP contribution in [0.3, 0.4) is 0 Å². The number of aromatic nitrogens is 1. The lowest BCUT2D eigenvalue weighted by atomic mass is 9.73. The van der Waals surface area contributed by atoms with Gasteiger partial charge in [-0.2, -0.15) is 11.8 Å². The molecule has 1 aliphatic rings. The number of nitrogens with zero attached hydrogens (tertiary/aromatic N) is 1. The number of ether oxygens (including phenoxy) is 2. The Morgan fingerprint density at radius 2 is 1.71 bits per heavy atom. The lowest BCUT2D eigenvalue weighted by Gasteiger charge is -2.36. The van der Waals surface area contributed by atoms with Gasteiger partial charge in [-0.15, -0.1) is 0 Å². The van der Waals surface area contributed by atoms with Gasteiger partial charge in [0.25, 0.3) is 0 Å². The van der Waals surface area contributed by atoms with E-state index in [1.165, 1.54) is 5.56 Å². The molecule has 7 nitrogen and oxygen atoms in total. The van der Waals surface area contributed by atoms with Crippen LogP contribution in [0.2, 0.25) is 0 Å². The van der Waals surface area contributed by atoms with E-state index >= 15 is 0 Å². The first kappa shape index (κ1) is 28.3. The molecule has 3 aromatic rings. The van der Waals surface area contributed by atoms with Crippen molar-refractivity contribution in [2.75, 3.05) is 37.6 Å². The molecule has 1 aliphatic heterocycles. The SMILES string of the molecule is COc1ccc(C2(C(=O)Nc3cccc(-c4ccc(CCSC)cc4)n3)CCOCC2)cc1.O.O. The molecule has 5 N–H and O–H groups in total. The Morgan fingerprint density at radius 3 is 2.34 bits per heavy atom. The van der Waals surface area contributed by atoms with Gasteiger partial charge in [0.15, 0.2) is 0 Å². The Morgan fingerprint density at radius 1 is 1.03 bits per heavy atom. The first-order valence-corrected chi connectivity index (χ1v) is 12.6. The topological polar surface area (TPSA) is 123 Å². The Balaban J connectivity index is 0.00000216. The predicted octanol–water partition coefficient (Wildman–Crippen LogP) is 3.70. The average molecular weight is 499 g/mol. The molecule has 2 aromatic carbocycles. The van der Waals surface area contributed by atoms with Crippen LogP contribution >= 0.6 is 11.8 Å². The van der Waals surface area contributed by atoms with Gasteiger partial charge in [-0.1, -0.05) is 42.5 Å². The summed E-state index contributed by atoms with van der Waals surface area (Å²) in [4.78, 5) is 18.3. The molecule has 0 bridgehead atoms. The van der Waals surface area contributed by atoms with Crippen LogP contribution in [-0.2, 0) is 21.4 Å². The number of rotatable bonds is 8. The summed E-state index contributed by atoms with van der Waals surface area (Å²) < 4.78 is 10.9. The van der Waals surface area contributed by atoms with E-state index in [0.717, 1.165) is 34.7 Å². The third kappa shape index (κ3) is 6.61. The Bertz CT molecular complexity index is 1070. The minimum Gasteiger partial charge on any atom is -0.497 e. The maximum Gasteiger partial charge on any atom is 0.236 e. The highest BCUT2D eigenvalue weighted by molar-refractivity contribution is 7.98. The van der Waals surface area contributed by atoms with Crippen LogP contribution in [0.1, 0.15) is 24.0 Å². The van der Waals surface area contributed by atoms with E-state index < -0.39 is 5.41 Å². The minimum absolute atomic E-state index is 0. The number of thioether (sulfide) groups is 1. The fourth-order valence-corrected chi connectivity index (χ4v) is 4.68. The van der Waals surface area contributed by atoms with E-state index in [4.69, 9.17) is 14.5 Å². The Labute approximate surface area is 210 Å². The van der Waals surface area contributed by atoms with Crippen LogP contribution in [0, 0.1) is 0 Å². The van der Waals surface area contributed by atoms with Crippen molar-refractivity contribution in [3.63, 3.8) is 0 Å². The maximum atomic E-state index is 13.6. The smallest absolute Gasteiger partial charge is 0.236 e. The van der Waals surface area contributed by atoms with Crippen molar-refractivity contribution in [2.45, 2.75) is 24.7 Å². The molecule has 0 aliphatic carbocycles. The fourth-order valence-electron chi connectivity index (χ4n) is 4.24. The molecular formula is C27H34N2O5S. The number of hydrogen-bond donors (Lipinski definition) is 1. The largest absolute Gasteiger partial charge is 0.497 e. The second-order valence-corrected chi connectivity index (χ2v) is 9.21. The van der Waals surface area contributed by atoms with E-state index in [-0.39, 0.29) is 16.9 Å². The number of methoxy groups -OCH3 is 1. The first-order valence-electron chi connectivity index (χ1n) is 11.2. The zero-order valence-corrected chi connectivity index (χ0v) is 21.0. The monoisotopic (exact) mass is 498 g/mol. The molecule has 0 unspecified atom stereocenters. The fraction of sp³-hybridized carbons (Fsp3) is 0.333. The quantitative estimate of drug-likeness (QED) is 0.507. The van der Waals surface area contributed by atoms with Crippen LogP contribution in [0.25, 0.3) is 11.3 Å². The molecule has 2 heterocycles. The van der Waals surface area contributed by atoms with Crippen LogP contribution < -0.4 is 10.1 Å². The summed E-state index contributed by atoms with van der Waals surface area (Å²) in [5.41, 5.74) is 3.52. The van der Waals surface area contributed by atoms with Gasteiger partial charge >= 0.3 is 0 Å². The molecule has 0 spiro atoms. The van der Waals surface area contributed by atoms with Gasteiger partial charge in [0.05, 0.1) is 18.2 Å². The summed E-state index contributed by atoms with van der Waals surface area (Å²) in [6.07, 6.45) is 4.43. The molecule has 0 radical (unpaired) electrons. The van der Waals surface area contributed by atoms with Crippen molar-refractivity contribution >= 4 is 23.5 Å². The zero-order valence-electron chi connectivity index (χ0n) is 20.2. The van der Waals surface area contributed by atoms with E-state index in [0.29, 0.717) is 31.9 Å². The highest BCUT2D eigenvalue weighted by Gasteiger charge is 2.42. The summed E-state index contributed by atoms with van der Waals surface area (Å²) in [6.45, 7) is 1.10. The number of carbonyl (C=O) groups is 1. The summed E-state index contributed by atoms with van der Waals surface area (Å²) in [6, 6.07) is 22.0. The van der Waals surface area contributed by atoms with Crippen LogP contribution in [-0.4, -0.2) is 54.2 Å². The van der Waals surface area contributed by atoms with Gasteiger partial charge < -0.3 is 25.7 Å². The molecule has 8 heteroatoms. The van der Waals surface area contributed by atoms with Gasteiger partial charge in [0.1, 0.15) is 11.6 Å². The molecule has 1 saturated heterocycles. The predicted molar refractivity (Wildman–Crippen MR) is 142 cm³/mol. The molecule has 1 aromatic heterocycles. The maximum absolute atomic E-state index is 13.6. The summed E-state index contributed by atoms with van der Waals surface area (Å²) in [5, 5.41) is 3.09. The normalized spacial score (nSPS) is 14.2. The molecule has 188 valence electrons. The van der Waals surface area contributed by atoms with E-state index in [1.54, 1.807) is 7.11 Å². The number of amides is 1. The lowest BCUT2D eigenvalue weighted by Crippen LogP contribution is -2.45. The van der Waals surface area contributed by atoms with Crippen molar-refractivity contribution in [1.29, 1.82) is 0 Å². The summed E-state index contributed by atoms with van der Waals surface area (Å²) >= 11 is 1.85. The van der Waals surface area contributed by atoms with E-state index in [1.807, 2.05) is 54.2 Å². The van der Waals surface area contributed by atoms with Crippen molar-refractivity contribution in [3.05, 3.63) is 77.9 Å². The summed E-state index contributed by atoms with van der Waals surface area (Å²) in [5.74, 6) is 2.40. The van der Waals surface area contributed by atoms with Gasteiger partial charge in [0, 0.05) is 18.8 Å².